The normalized spacial score (nSPS) is 19.1. The molecule has 1 aromatic heterocycles. The van der Waals surface area contributed by atoms with E-state index in [1.807, 2.05) is 0 Å². The van der Waals surface area contributed by atoms with Crippen LogP contribution in [0.2, 0.25) is 0 Å². The number of non-ortho nitro benzene ring substituents is 1. The van der Waals surface area contributed by atoms with Crippen LogP contribution in [0.5, 0.6) is 0 Å². The largest absolute Gasteiger partial charge is 0.463 e. The Morgan fingerprint density at radius 1 is 1.38 bits per heavy atom. The Labute approximate surface area is 140 Å². The van der Waals surface area contributed by atoms with E-state index < -0.39 is 10.2 Å². The number of amidine groups is 1. The number of carbonyl (C=O) groups excluding carboxylic acids is 1. The molecule has 0 aliphatic carbocycles. The second kappa shape index (κ2) is 7.09. The van der Waals surface area contributed by atoms with E-state index in [4.69, 9.17) is 4.42 Å². The van der Waals surface area contributed by atoms with Crippen LogP contribution in [0, 0.1) is 10.1 Å². The van der Waals surface area contributed by atoms with Gasteiger partial charge in [-0.1, -0.05) is 23.9 Å². The average Bonchev–Trinajstić information content (AvgIpc) is 3.18. The van der Waals surface area contributed by atoms with Crippen molar-refractivity contribution in [3.63, 3.8) is 0 Å². The van der Waals surface area contributed by atoms with Crippen LogP contribution in [-0.4, -0.2) is 27.5 Å². The molecule has 1 atom stereocenters. The van der Waals surface area contributed by atoms with E-state index in [1.165, 1.54) is 36.4 Å². The van der Waals surface area contributed by atoms with Crippen molar-refractivity contribution in [2.75, 3.05) is 0 Å². The van der Waals surface area contributed by atoms with Crippen LogP contribution in [-0.2, 0) is 11.2 Å². The van der Waals surface area contributed by atoms with Gasteiger partial charge in [0, 0.05) is 12.1 Å². The number of hydrogen-bond acceptors (Lipinski definition) is 7. The number of amides is 1. The summed E-state index contributed by atoms with van der Waals surface area (Å²) in [5, 5.41) is 21.2. The second-order valence-electron chi connectivity index (χ2n) is 4.89. The predicted molar refractivity (Wildman–Crippen MR) is 90.1 cm³/mol. The number of furan rings is 1. The highest BCUT2D eigenvalue weighted by molar-refractivity contribution is 8.15. The first-order valence-electron chi connectivity index (χ1n) is 6.97. The number of hydrogen-bond donors (Lipinski definition) is 1. The van der Waals surface area contributed by atoms with Gasteiger partial charge in [0.1, 0.15) is 5.76 Å². The Bertz CT molecular complexity index is 817. The third-order valence-electron chi connectivity index (χ3n) is 3.20. The molecule has 0 spiro atoms. The minimum Gasteiger partial charge on any atom is -0.463 e. The van der Waals surface area contributed by atoms with Crippen molar-refractivity contribution in [1.82, 2.24) is 5.32 Å². The van der Waals surface area contributed by atoms with E-state index in [-0.39, 0.29) is 11.6 Å². The van der Waals surface area contributed by atoms with Gasteiger partial charge < -0.3 is 9.73 Å². The molecule has 1 fully saturated rings. The van der Waals surface area contributed by atoms with Gasteiger partial charge in [-0.2, -0.15) is 5.10 Å². The van der Waals surface area contributed by atoms with E-state index in [0.717, 1.165) is 5.56 Å². The zero-order valence-corrected chi connectivity index (χ0v) is 13.1. The monoisotopic (exact) mass is 344 g/mol. The molecule has 0 saturated carbocycles. The van der Waals surface area contributed by atoms with Crippen LogP contribution < -0.4 is 5.32 Å². The number of nitrogens with zero attached hydrogens (tertiary/aromatic N) is 3. The Hall–Kier alpha value is -2.94. The highest BCUT2D eigenvalue weighted by Gasteiger charge is 2.30. The lowest BCUT2D eigenvalue weighted by Gasteiger charge is -2.04. The van der Waals surface area contributed by atoms with Crippen molar-refractivity contribution in [2.24, 2.45) is 10.2 Å². The first-order chi connectivity index (χ1) is 11.6. The summed E-state index contributed by atoms with van der Waals surface area (Å²) in [6.45, 7) is 0. The molecule has 0 radical (unpaired) electrons. The summed E-state index contributed by atoms with van der Waals surface area (Å²) in [5.41, 5.74) is 0.727. The summed E-state index contributed by atoms with van der Waals surface area (Å²) in [7, 11) is 0. The number of benzene rings is 1. The molecule has 2 heterocycles. The molecule has 0 unspecified atom stereocenters. The quantitative estimate of drug-likeness (QED) is 0.508. The number of nitro benzene ring substituents is 1. The van der Waals surface area contributed by atoms with Crippen LogP contribution in [0.15, 0.2) is 57.3 Å². The van der Waals surface area contributed by atoms with Gasteiger partial charge in [-0.05, 0) is 24.1 Å². The average molecular weight is 344 g/mol. The van der Waals surface area contributed by atoms with Crippen molar-refractivity contribution in [2.45, 2.75) is 11.7 Å². The predicted octanol–water partition coefficient (Wildman–Crippen LogP) is 2.35. The molecule has 1 aliphatic heterocycles. The maximum Gasteiger partial charge on any atom is 0.269 e. The summed E-state index contributed by atoms with van der Waals surface area (Å²) in [6, 6.07) is 9.71. The van der Waals surface area contributed by atoms with Crippen molar-refractivity contribution >= 4 is 34.7 Å². The van der Waals surface area contributed by atoms with Crippen LogP contribution in [0.1, 0.15) is 11.3 Å². The topological polar surface area (TPSA) is 110 Å². The molecule has 24 heavy (non-hydrogen) atoms. The van der Waals surface area contributed by atoms with Gasteiger partial charge in [-0.25, -0.2) is 0 Å². The molecule has 1 aromatic carbocycles. The fourth-order valence-corrected chi connectivity index (χ4v) is 3.07. The van der Waals surface area contributed by atoms with E-state index in [1.54, 1.807) is 24.3 Å². The number of rotatable bonds is 5. The molecule has 122 valence electrons. The molecule has 0 bridgehead atoms. The maximum atomic E-state index is 12.0. The Balaban J connectivity index is 1.64. The minimum absolute atomic E-state index is 0.00726. The van der Waals surface area contributed by atoms with E-state index in [0.29, 0.717) is 17.3 Å². The Morgan fingerprint density at radius 2 is 2.25 bits per heavy atom. The molecule has 2 aromatic rings. The van der Waals surface area contributed by atoms with Gasteiger partial charge in [0.05, 0.1) is 22.7 Å². The van der Waals surface area contributed by atoms with Crippen molar-refractivity contribution in [3.05, 3.63) is 64.1 Å². The Morgan fingerprint density at radius 3 is 3.00 bits per heavy atom. The highest BCUT2D eigenvalue weighted by Crippen LogP contribution is 2.24. The third kappa shape index (κ3) is 3.87. The van der Waals surface area contributed by atoms with Gasteiger partial charge in [0.15, 0.2) is 5.17 Å². The SMILES string of the molecule is O=C1N/C(=N\N=Cc2ccco2)S[C@@H]1Cc1cccc([N+](=O)[O-])c1. The van der Waals surface area contributed by atoms with E-state index >= 15 is 0 Å². The van der Waals surface area contributed by atoms with Crippen LogP contribution in [0.25, 0.3) is 0 Å². The smallest absolute Gasteiger partial charge is 0.269 e. The zero-order chi connectivity index (χ0) is 16.9. The lowest BCUT2D eigenvalue weighted by atomic mass is 10.1. The van der Waals surface area contributed by atoms with Crippen molar-refractivity contribution < 1.29 is 14.1 Å². The molecule has 1 N–H and O–H groups in total. The van der Waals surface area contributed by atoms with E-state index in [2.05, 4.69) is 15.5 Å². The number of nitrogens with one attached hydrogen (secondary N) is 1. The van der Waals surface area contributed by atoms with Crippen molar-refractivity contribution in [3.8, 4) is 0 Å². The van der Waals surface area contributed by atoms with Gasteiger partial charge in [0.2, 0.25) is 5.91 Å². The molecule has 8 nitrogen and oxygen atoms in total. The van der Waals surface area contributed by atoms with Crippen LogP contribution in [0.3, 0.4) is 0 Å². The molecule has 1 amide bonds. The molecule has 9 heteroatoms. The fraction of sp³-hybridized carbons (Fsp3) is 0.133. The lowest BCUT2D eigenvalue weighted by molar-refractivity contribution is -0.384. The Kier molecular flexibility index (Phi) is 4.71. The summed E-state index contributed by atoms with van der Waals surface area (Å²) >= 11 is 1.24. The number of carbonyl (C=O) groups is 1. The fourth-order valence-electron chi connectivity index (χ4n) is 2.10. The molecule has 3 rings (SSSR count). The van der Waals surface area contributed by atoms with Gasteiger partial charge in [0.25, 0.3) is 5.69 Å². The summed E-state index contributed by atoms with van der Waals surface area (Å²) in [6.07, 6.45) is 3.34. The van der Waals surface area contributed by atoms with Crippen LogP contribution >= 0.6 is 11.8 Å². The standard InChI is InChI=1S/C15H12N4O4S/c20-14-13(8-10-3-1-4-11(7-10)19(21)22)24-15(17-14)18-16-9-12-5-2-6-23-12/h1-7,9,13H,8H2,(H,17,18,20)/t13-/m1/s1. The molecular weight excluding hydrogens is 332 g/mol. The molecule has 1 saturated heterocycles. The van der Waals surface area contributed by atoms with Crippen LogP contribution in [0.4, 0.5) is 5.69 Å². The molecule has 1 aliphatic rings. The van der Waals surface area contributed by atoms with E-state index in [9.17, 15) is 14.9 Å². The lowest BCUT2D eigenvalue weighted by Crippen LogP contribution is -2.25. The first kappa shape index (κ1) is 15.9. The van der Waals surface area contributed by atoms with Crippen molar-refractivity contribution in [1.29, 1.82) is 0 Å². The summed E-state index contributed by atoms with van der Waals surface area (Å²) < 4.78 is 5.08. The molecular formula is C15H12N4O4S. The zero-order valence-electron chi connectivity index (χ0n) is 12.3. The number of nitro groups is 1. The van der Waals surface area contributed by atoms with Gasteiger partial charge >= 0.3 is 0 Å². The summed E-state index contributed by atoms with van der Waals surface area (Å²) in [4.78, 5) is 22.3. The first-order valence-corrected chi connectivity index (χ1v) is 7.85. The second-order valence-corrected chi connectivity index (χ2v) is 6.08. The maximum absolute atomic E-state index is 12.0. The minimum atomic E-state index is -0.457. The third-order valence-corrected chi connectivity index (χ3v) is 4.27. The van der Waals surface area contributed by atoms with Gasteiger partial charge in [-0.15, -0.1) is 5.10 Å². The van der Waals surface area contributed by atoms with Gasteiger partial charge in [-0.3, -0.25) is 14.9 Å². The number of thioether (sulfide) groups is 1. The summed E-state index contributed by atoms with van der Waals surface area (Å²) in [5.74, 6) is 0.361. The highest BCUT2D eigenvalue weighted by atomic mass is 32.2.